The SMILES string of the molecule is Cn1c(Cc2cccs2)nnc1SCC(=O)c1ccc2c(c1)CCC2. The first-order valence-corrected chi connectivity index (χ1v) is 10.3. The molecule has 2 heterocycles. The number of rotatable bonds is 6. The molecule has 4 rings (SSSR count). The van der Waals surface area contributed by atoms with E-state index in [0.29, 0.717) is 5.75 Å². The van der Waals surface area contributed by atoms with Crippen molar-refractivity contribution in [2.45, 2.75) is 30.8 Å². The number of hydrogen-bond acceptors (Lipinski definition) is 5. The molecule has 1 aliphatic rings. The van der Waals surface area contributed by atoms with Gasteiger partial charge in [0.2, 0.25) is 0 Å². The highest BCUT2D eigenvalue weighted by molar-refractivity contribution is 7.99. The van der Waals surface area contributed by atoms with E-state index >= 15 is 0 Å². The number of hydrogen-bond donors (Lipinski definition) is 0. The molecule has 25 heavy (non-hydrogen) atoms. The summed E-state index contributed by atoms with van der Waals surface area (Å²) < 4.78 is 1.99. The fraction of sp³-hybridized carbons (Fsp3) is 0.316. The topological polar surface area (TPSA) is 47.8 Å². The number of ketones is 1. The van der Waals surface area contributed by atoms with Gasteiger partial charge in [0.1, 0.15) is 5.82 Å². The van der Waals surface area contributed by atoms with Crippen molar-refractivity contribution in [3.63, 3.8) is 0 Å². The lowest BCUT2D eigenvalue weighted by Gasteiger charge is -2.05. The quantitative estimate of drug-likeness (QED) is 0.488. The lowest BCUT2D eigenvalue weighted by atomic mass is 10.0. The van der Waals surface area contributed by atoms with E-state index < -0.39 is 0 Å². The van der Waals surface area contributed by atoms with Crippen LogP contribution in [0.1, 0.15) is 38.6 Å². The molecule has 0 bridgehead atoms. The number of Topliss-reactive ketones (excluding diaryl/α,β-unsaturated/α-hetero) is 1. The van der Waals surface area contributed by atoms with Gasteiger partial charge in [0, 0.05) is 23.9 Å². The van der Waals surface area contributed by atoms with Crippen LogP contribution in [0.25, 0.3) is 0 Å². The maximum atomic E-state index is 12.5. The van der Waals surface area contributed by atoms with Gasteiger partial charge in [-0.3, -0.25) is 4.79 Å². The van der Waals surface area contributed by atoms with Crippen LogP contribution >= 0.6 is 23.1 Å². The van der Waals surface area contributed by atoms with Crippen molar-refractivity contribution in [1.29, 1.82) is 0 Å². The first-order chi connectivity index (χ1) is 12.2. The Labute approximate surface area is 155 Å². The van der Waals surface area contributed by atoms with E-state index in [0.717, 1.165) is 35.8 Å². The molecule has 0 radical (unpaired) electrons. The van der Waals surface area contributed by atoms with Gasteiger partial charge in [0.25, 0.3) is 0 Å². The van der Waals surface area contributed by atoms with E-state index in [9.17, 15) is 4.79 Å². The number of aromatic nitrogens is 3. The molecular weight excluding hydrogens is 350 g/mol. The summed E-state index contributed by atoms with van der Waals surface area (Å²) in [4.78, 5) is 13.8. The Balaban J connectivity index is 1.41. The number of thiophene rings is 1. The molecule has 0 saturated carbocycles. The molecule has 3 aromatic rings. The smallest absolute Gasteiger partial charge is 0.191 e. The van der Waals surface area contributed by atoms with Gasteiger partial charge in [-0.25, -0.2) is 0 Å². The summed E-state index contributed by atoms with van der Waals surface area (Å²) in [6, 6.07) is 10.3. The Kier molecular flexibility index (Phi) is 4.72. The van der Waals surface area contributed by atoms with Crippen molar-refractivity contribution in [2.75, 3.05) is 5.75 Å². The number of fused-ring (bicyclic) bond motifs is 1. The second-order valence-corrected chi connectivity index (χ2v) is 8.24. The van der Waals surface area contributed by atoms with Crippen LogP contribution in [0.5, 0.6) is 0 Å². The molecule has 1 aliphatic carbocycles. The second-order valence-electron chi connectivity index (χ2n) is 6.26. The third-order valence-corrected chi connectivity index (χ3v) is 6.49. The Morgan fingerprint density at radius 3 is 2.96 bits per heavy atom. The van der Waals surface area contributed by atoms with Crippen molar-refractivity contribution in [3.8, 4) is 0 Å². The Morgan fingerprint density at radius 1 is 1.24 bits per heavy atom. The lowest BCUT2D eigenvalue weighted by Crippen LogP contribution is -2.05. The number of thioether (sulfide) groups is 1. The van der Waals surface area contributed by atoms with E-state index in [1.807, 2.05) is 23.7 Å². The molecule has 0 atom stereocenters. The third kappa shape index (κ3) is 3.55. The zero-order valence-corrected chi connectivity index (χ0v) is 15.7. The van der Waals surface area contributed by atoms with Gasteiger partial charge >= 0.3 is 0 Å². The Morgan fingerprint density at radius 2 is 2.12 bits per heavy atom. The average Bonchev–Trinajstić information content (AvgIpc) is 3.36. The van der Waals surface area contributed by atoms with Gasteiger partial charge in [-0.2, -0.15) is 0 Å². The van der Waals surface area contributed by atoms with Crippen molar-refractivity contribution in [3.05, 3.63) is 63.1 Å². The van der Waals surface area contributed by atoms with E-state index in [1.165, 1.54) is 34.2 Å². The summed E-state index contributed by atoms with van der Waals surface area (Å²) >= 11 is 3.18. The van der Waals surface area contributed by atoms with Gasteiger partial charge in [-0.1, -0.05) is 30.0 Å². The van der Waals surface area contributed by atoms with Gasteiger partial charge in [-0.05, 0) is 47.9 Å². The number of carbonyl (C=O) groups excluding carboxylic acids is 1. The van der Waals surface area contributed by atoms with Crippen LogP contribution in [0.2, 0.25) is 0 Å². The molecule has 128 valence electrons. The summed E-state index contributed by atoms with van der Waals surface area (Å²) in [5.41, 5.74) is 3.55. The maximum absolute atomic E-state index is 12.5. The zero-order valence-electron chi connectivity index (χ0n) is 14.1. The average molecular weight is 370 g/mol. The van der Waals surface area contributed by atoms with Crippen molar-refractivity contribution in [2.24, 2.45) is 7.05 Å². The summed E-state index contributed by atoms with van der Waals surface area (Å²) in [5.74, 6) is 1.47. The molecule has 1 aromatic carbocycles. The number of nitrogens with zero attached hydrogens (tertiary/aromatic N) is 3. The van der Waals surface area contributed by atoms with Crippen molar-refractivity contribution >= 4 is 28.9 Å². The number of aryl methyl sites for hydroxylation is 2. The lowest BCUT2D eigenvalue weighted by molar-refractivity contribution is 0.102. The molecule has 0 N–H and O–H groups in total. The first kappa shape index (κ1) is 16.5. The predicted octanol–water partition coefficient (Wildman–Crippen LogP) is 3.93. The van der Waals surface area contributed by atoms with Crippen LogP contribution in [-0.4, -0.2) is 26.3 Å². The fourth-order valence-electron chi connectivity index (χ4n) is 3.15. The van der Waals surface area contributed by atoms with Crippen LogP contribution in [-0.2, 0) is 26.3 Å². The highest BCUT2D eigenvalue weighted by atomic mass is 32.2. The zero-order chi connectivity index (χ0) is 17.2. The minimum Gasteiger partial charge on any atom is -0.309 e. The highest BCUT2D eigenvalue weighted by Gasteiger charge is 2.16. The van der Waals surface area contributed by atoms with E-state index in [4.69, 9.17) is 0 Å². The summed E-state index contributed by atoms with van der Waals surface area (Å²) in [7, 11) is 1.96. The predicted molar refractivity (Wildman–Crippen MR) is 102 cm³/mol. The van der Waals surface area contributed by atoms with Gasteiger partial charge in [0.05, 0.1) is 5.75 Å². The van der Waals surface area contributed by atoms with Gasteiger partial charge < -0.3 is 4.57 Å². The van der Waals surface area contributed by atoms with Crippen LogP contribution in [0, 0.1) is 0 Å². The minimum atomic E-state index is 0.155. The molecule has 6 heteroatoms. The molecule has 0 amide bonds. The van der Waals surface area contributed by atoms with Crippen molar-refractivity contribution < 1.29 is 4.79 Å². The molecule has 4 nitrogen and oxygen atoms in total. The molecule has 0 unspecified atom stereocenters. The molecule has 0 aliphatic heterocycles. The van der Waals surface area contributed by atoms with Gasteiger partial charge in [-0.15, -0.1) is 21.5 Å². The maximum Gasteiger partial charge on any atom is 0.191 e. The Hall–Kier alpha value is -1.92. The molecule has 0 spiro atoms. The molecular formula is C19H19N3OS2. The fourth-order valence-corrected chi connectivity index (χ4v) is 4.68. The van der Waals surface area contributed by atoms with E-state index in [-0.39, 0.29) is 5.78 Å². The van der Waals surface area contributed by atoms with Crippen LogP contribution in [0.3, 0.4) is 0 Å². The van der Waals surface area contributed by atoms with Crippen molar-refractivity contribution in [1.82, 2.24) is 14.8 Å². The number of benzene rings is 1. The first-order valence-electron chi connectivity index (χ1n) is 8.39. The van der Waals surface area contributed by atoms with Gasteiger partial charge in [0.15, 0.2) is 10.9 Å². The van der Waals surface area contributed by atoms with Crippen LogP contribution < -0.4 is 0 Å². The number of carbonyl (C=O) groups is 1. The standard InChI is InChI=1S/C19H19N3OS2/c1-22-18(11-16-6-3-9-24-16)20-21-19(22)25-12-17(23)15-8-7-13-4-2-5-14(13)10-15/h3,6-10H,2,4-5,11-12H2,1H3. The molecule has 0 saturated heterocycles. The third-order valence-electron chi connectivity index (χ3n) is 4.59. The van der Waals surface area contributed by atoms with E-state index in [1.54, 1.807) is 11.3 Å². The molecule has 2 aromatic heterocycles. The van der Waals surface area contributed by atoms with E-state index in [2.05, 4.69) is 33.8 Å². The monoisotopic (exact) mass is 369 g/mol. The summed E-state index contributed by atoms with van der Waals surface area (Å²) in [6.07, 6.45) is 4.22. The second kappa shape index (κ2) is 7.14. The van der Waals surface area contributed by atoms with Crippen LogP contribution in [0.15, 0.2) is 40.9 Å². The Bertz CT molecular complexity index is 900. The summed E-state index contributed by atoms with van der Waals surface area (Å²) in [5, 5.41) is 11.4. The normalized spacial score (nSPS) is 13.2. The largest absolute Gasteiger partial charge is 0.309 e. The molecule has 0 fully saturated rings. The summed E-state index contributed by atoms with van der Waals surface area (Å²) in [6.45, 7) is 0. The highest BCUT2D eigenvalue weighted by Crippen LogP contribution is 2.24. The minimum absolute atomic E-state index is 0.155. The van der Waals surface area contributed by atoms with Crippen LogP contribution in [0.4, 0.5) is 0 Å².